The van der Waals surface area contributed by atoms with Gasteiger partial charge in [0.2, 0.25) is 0 Å². The molecule has 14 heavy (non-hydrogen) atoms. The fourth-order valence-electron chi connectivity index (χ4n) is 1.34. The molecular formula is C12H24O2. The van der Waals surface area contributed by atoms with E-state index in [2.05, 4.69) is 19.9 Å². The van der Waals surface area contributed by atoms with Crippen LogP contribution in [-0.4, -0.2) is 24.9 Å². The molecule has 0 saturated heterocycles. The van der Waals surface area contributed by atoms with Crippen LogP contribution in [-0.2, 0) is 4.74 Å². The van der Waals surface area contributed by atoms with Crippen LogP contribution in [0.2, 0.25) is 0 Å². The predicted molar refractivity (Wildman–Crippen MR) is 60.3 cm³/mol. The molecule has 0 bridgehead atoms. The molecule has 1 N–H and O–H groups in total. The van der Waals surface area contributed by atoms with Gasteiger partial charge in [-0.1, -0.05) is 38.8 Å². The first-order chi connectivity index (χ1) is 6.70. The Kier molecular flexibility index (Phi) is 9.00. The molecular weight excluding hydrogens is 176 g/mol. The zero-order chi connectivity index (χ0) is 10.8. The van der Waals surface area contributed by atoms with Gasteiger partial charge in [-0.25, -0.2) is 0 Å². The second-order valence-electron chi connectivity index (χ2n) is 4.04. The molecule has 0 radical (unpaired) electrons. The van der Waals surface area contributed by atoms with E-state index in [9.17, 15) is 0 Å². The van der Waals surface area contributed by atoms with Gasteiger partial charge in [-0.05, 0) is 18.8 Å². The first-order valence-electron chi connectivity index (χ1n) is 5.51. The van der Waals surface area contributed by atoms with Gasteiger partial charge in [-0.3, -0.25) is 0 Å². The molecule has 84 valence electrons. The third-order valence-electron chi connectivity index (χ3n) is 2.22. The zero-order valence-corrected chi connectivity index (χ0v) is 9.70. The van der Waals surface area contributed by atoms with Crippen LogP contribution >= 0.6 is 0 Å². The number of rotatable bonds is 8. The summed E-state index contributed by atoms with van der Waals surface area (Å²) in [6.07, 6.45) is 8.54. The summed E-state index contributed by atoms with van der Waals surface area (Å²) in [5.74, 6) is 0.772. The molecule has 0 aliphatic heterocycles. The average Bonchev–Trinajstić information content (AvgIpc) is 2.15. The molecule has 0 aliphatic rings. The van der Waals surface area contributed by atoms with Crippen molar-refractivity contribution in [3.05, 3.63) is 12.2 Å². The minimum Gasteiger partial charge on any atom is -0.396 e. The highest BCUT2D eigenvalue weighted by molar-refractivity contribution is 4.89. The van der Waals surface area contributed by atoms with Crippen LogP contribution in [0.15, 0.2) is 12.2 Å². The smallest absolute Gasteiger partial charge is 0.0752 e. The van der Waals surface area contributed by atoms with E-state index in [1.54, 1.807) is 7.11 Å². The molecule has 0 amide bonds. The largest absolute Gasteiger partial charge is 0.396 e. The van der Waals surface area contributed by atoms with Gasteiger partial charge in [0.1, 0.15) is 0 Å². The molecule has 2 nitrogen and oxygen atoms in total. The van der Waals surface area contributed by atoms with E-state index in [0.717, 1.165) is 18.8 Å². The maximum absolute atomic E-state index is 8.61. The molecule has 0 aromatic carbocycles. The van der Waals surface area contributed by atoms with Crippen molar-refractivity contribution < 1.29 is 9.84 Å². The van der Waals surface area contributed by atoms with Crippen molar-refractivity contribution in [3.8, 4) is 0 Å². The van der Waals surface area contributed by atoms with Crippen LogP contribution in [0.3, 0.4) is 0 Å². The molecule has 0 aromatic rings. The van der Waals surface area contributed by atoms with E-state index in [0.29, 0.717) is 0 Å². The van der Waals surface area contributed by atoms with Crippen LogP contribution in [0.5, 0.6) is 0 Å². The molecule has 0 saturated carbocycles. The summed E-state index contributed by atoms with van der Waals surface area (Å²) in [6, 6.07) is 0. The van der Waals surface area contributed by atoms with Crippen molar-refractivity contribution >= 4 is 0 Å². The number of aliphatic hydroxyl groups is 1. The summed E-state index contributed by atoms with van der Waals surface area (Å²) in [5.41, 5.74) is 0. The second kappa shape index (κ2) is 9.22. The van der Waals surface area contributed by atoms with E-state index < -0.39 is 0 Å². The predicted octanol–water partition coefficient (Wildman–Crippen LogP) is 2.77. The molecule has 0 spiro atoms. The third kappa shape index (κ3) is 8.27. The van der Waals surface area contributed by atoms with Crippen molar-refractivity contribution in [1.82, 2.24) is 0 Å². The highest BCUT2D eigenvalue weighted by Gasteiger charge is 2.02. The van der Waals surface area contributed by atoms with Crippen LogP contribution in [0, 0.1) is 5.92 Å². The van der Waals surface area contributed by atoms with Crippen molar-refractivity contribution in [2.75, 3.05) is 13.7 Å². The summed E-state index contributed by atoms with van der Waals surface area (Å²) >= 11 is 0. The molecule has 0 aromatic heterocycles. The lowest BCUT2D eigenvalue weighted by atomic mass is 10.0. The Morgan fingerprint density at radius 2 is 2.00 bits per heavy atom. The van der Waals surface area contributed by atoms with Gasteiger partial charge in [0, 0.05) is 13.7 Å². The minimum atomic E-state index is 0.221. The lowest BCUT2D eigenvalue weighted by molar-refractivity contribution is 0.129. The normalized spacial score (nSPS) is 14.1. The summed E-state index contributed by atoms with van der Waals surface area (Å²) in [5, 5.41) is 8.61. The molecule has 0 heterocycles. The summed E-state index contributed by atoms with van der Waals surface area (Å²) in [4.78, 5) is 0. The number of aliphatic hydroxyl groups excluding tert-OH is 1. The van der Waals surface area contributed by atoms with E-state index >= 15 is 0 Å². The Morgan fingerprint density at radius 3 is 2.50 bits per heavy atom. The maximum atomic E-state index is 8.61. The molecule has 0 aliphatic carbocycles. The summed E-state index contributed by atoms with van der Waals surface area (Å²) in [6.45, 7) is 4.70. The molecule has 2 heteroatoms. The maximum Gasteiger partial charge on any atom is 0.0752 e. The Balaban J connectivity index is 3.57. The molecule has 0 rings (SSSR count). The van der Waals surface area contributed by atoms with Crippen molar-refractivity contribution in [1.29, 1.82) is 0 Å². The minimum absolute atomic E-state index is 0.221. The van der Waals surface area contributed by atoms with E-state index in [1.807, 2.05) is 6.08 Å². The highest BCUT2D eigenvalue weighted by atomic mass is 16.5. The van der Waals surface area contributed by atoms with Crippen LogP contribution in [0.4, 0.5) is 0 Å². The second-order valence-corrected chi connectivity index (χ2v) is 4.04. The average molecular weight is 200 g/mol. The Labute approximate surface area is 88.0 Å². The highest BCUT2D eigenvalue weighted by Crippen LogP contribution is 2.11. The fraction of sp³-hybridized carbons (Fsp3) is 0.833. The summed E-state index contributed by atoms with van der Waals surface area (Å²) in [7, 11) is 1.74. The standard InChI is InChI=1S/C12H24O2/c1-11(2)7-6-9-12(14-3)8-4-5-10-13/h4,8,11-13H,5-7,9-10H2,1-3H3/b8-4+. The quantitative estimate of drug-likeness (QED) is 0.610. The van der Waals surface area contributed by atoms with Crippen molar-refractivity contribution in [2.24, 2.45) is 5.92 Å². The van der Waals surface area contributed by atoms with Gasteiger partial charge in [0.05, 0.1) is 6.10 Å². The van der Waals surface area contributed by atoms with Crippen molar-refractivity contribution in [2.45, 2.75) is 45.6 Å². The number of hydrogen-bond donors (Lipinski definition) is 1. The zero-order valence-electron chi connectivity index (χ0n) is 9.70. The van der Waals surface area contributed by atoms with Crippen LogP contribution in [0.1, 0.15) is 39.5 Å². The van der Waals surface area contributed by atoms with Gasteiger partial charge in [-0.15, -0.1) is 0 Å². The van der Waals surface area contributed by atoms with Gasteiger partial charge in [0.25, 0.3) is 0 Å². The van der Waals surface area contributed by atoms with E-state index in [1.165, 1.54) is 12.8 Å². The van der Waals surface area contributed by atoms with Crippen molar-refractivity contribution in [3.63, 3.8) is 0 Å². The summed E-state index contributed by atoms with van der Waals surface area (Å²) < 4.78 is 5.31. The van der Waals surface area contributed by atoms with E-state index in [-0.39, 0.29) is 12.7 Å². The van der Waals surface area contributed by atoms with Crippen LogP contribution < -0.4 is 0 Å². The lowest BCUT2D eigenvalue weighted by Crippen LogP contribution is -2.07. The number of hydrogen-bond acceptors (Lipinski definition) is 2. The number of ether oxygens (including phenoxy) is 1. The van der Waals surface area contributed by atoms with Gasteiger partial charge < -0.3 is 9.84 Å². The first kappa shape index (κ1) is 13.7. The SMILES string of the molecule is COC(/C=C/CCO)CCCC(C)C. The Morgan fingerprint density at radius 1 is 1.29 bits per heavy atom. The Hall–Kier alpha value is -0.340. The first-order valence-corrected chi connectivity index (χ1v) is 5.51. The Bertz CT molecular complexity index is 141. The third-order valence-corrected chi connectivity index (χ3v) is 2.22. The number of methoxy groups -OCH3 is 1. The van der Waals surface area contributed by atoms with Gasteiger partial charge in [-0.2, -0.15) is 0 Å². The van der Waals surface area contributed by atoms with Crippen LogP contribution in [0.25, 0.3) is 0 Å². The fourth-order valence-corrected chi connectivity index (χ4v) is 1.34. The van der Waals surface area contributed by atoms with E-state index in [4.69, 9.17) is 9.84 Å². The topological polar surface area (TPSA) is 29.5 Å². The monoisotopic (exact) mass is 200 g/mol. The van der Waals surface area contributed by atoms with Gasteiger partial charge >= 0.3 is 0 Å². The van der Waals surface area contributed by atoms with Gasteiger partial charge in [0.15, 0.2) is 0 Å². The molecule has 1 unspecified atom stereocenters. The lowest BCUT2D eigenvalue weighted by Gasteiger charge is -2.11. The molecule has 0 fully saturated rings. The molecule has 1 atom stereocenters.